The van der Waals surface area contributed by atoms with Crippen LogP contribution in [0.1, 0.15) is 19.3 Å². The van der Waals surface area contributed by atoms with Crippen LogP contribution < -0.4 is 10.2 Å². The van der Waals surface area contributed by atoms with Crippen LogP contribution in [0.2, 0.25) is 0 Å². The predicted octanol–water partition coefficient (Wildman–Crippen LogP) is 4.34. The maximum Gasteiger partial charge on any atom is 0.220 e. The van der Waals surface area contributed by atoms with E-state index in [9.17, 15) is 9.18 Å². The fourth-order valence-electron chi connectivity index (χ4n) is 2.42. The molecule has 0 unspecified atom stereocenters. The number of carbonyl (C=O) groups is 1. The number of hydrogen-bond acceptors (Lipinski definition) is 3. The van der Waals surface area contributed by atoms with Crippen LogP contribution in [-0.4, -0.2) is 31.8 Å². The van der Waals surface area contributed by atoms with Gasteiger partial charge in [0.2, 0.25) is 5.91 Å². The van der Waals surface area contributed by atoms with E-state index in [1.165, 1.54) is 23.5 Å². The summed E-state index contributed by atoms with van der Waals surface area (Å²) in [5, 5.41) is 2.93. The maximum absolute atomic E-state index is 13.5. The van der Waals surface area contributed by atoms with Crippen molar-refractivity contribution in [2.75, 3.05) is 30.8 Å². The zero-order valence-corrected chi connectivity index (χ0v) is 15.4. The quantitative estimate of drug-likeness (QED) is 0.505. The number of nitrogens with zero attached hydrogens (tertiary/aromatic N) is 1. The molecule has 1 N–H and O–H groups in total. The second kappa shape index (κ2) is 10.8. The summed E-state index contributed by atoms with van der Waals surface area (Å²) >= 11 is 1.38. The highest BCUT2D eigenvalue weighted by Gasteiger charge is 2.05. The Balaban J connectivity index is 1.53. The summed E-state index contributed by atoms with van der Waals surface area (Å²) in [7, 11) is 2.08. The second-order valence-electron chi connectivity index (χ2n) is 5.84. The van der Waals surface area contributed by atoms with Crippen LogP contribution >= 0.6 is 11.8 Å². The third-order valence-corrected chi connectivity index (χ3v) is 4.91. The second-order valence-corrected chi connectivity index (χ2v) is 6.98. The van der Waals surface area contributed by atoms with Gasteiger partial charge in [-0.15, -0.1) is 11.8 Å². The normalized spacial score (nSPS) is 10.5. The summed E-state index contributed by atoms with van der Waals surface area (Å²) < 4.78 is 13.5. The van der Waals surface area contributed by atoms with Gasteiger partial charge in [0.05, 0.1) is 0 Å². The Morgan fingerprint density at radius 2 is 1.80 bits per heavy atom. The van der Waals surface area contributed by atoms with Crippen LogP contribution in [0, 0.1) is 5.82 Å². The lowest BCUT2D eigenvalue weighted by atomic mass is 10.2. The van der Waals surface area contributed by atoms with Gasteiger partial charge in [-0.2, -0.15) is 0 Å². The third kappa shape index (κ3) is 7.18. The van der Waals surface area contributed by atoms with Gasteiger partial charge in [0.1, 0.15) is 5.82 Å². The molecule has 0 spiro atoms. The van der Waals surface area contributed by atoms with Crippen molar-refractivity contribution in [2.24, 2.45) is 0 Å². The summed E-state index contributed by atoms with van der Waals surface area (Å²) in [6, 6.07) is 16.9. The average Bonchev–Trinajstić information content (AvgIpc) is 2.63. The van der Waals surface area contributed by atoms with Gasteiger partial charge in [0.15, 0.2) is 0 Å². The molecule has 0 aliphatic rings. The van der Waals surface area contributed by atoms with Gasteiger partial charge in [-0.25, -0.2) is 4.39 Å². The first-order valence-electron chi connectivity index (χ1n) is 8.57. The molecule has 0 saturated heterocycles. The molecule has 0 saturated carbocycles. The van der Waals surface area contributed by atoms with E-state index in [1.807, 2.05) is 18.2 Å². The Morgan fingerprint density at radius 1 is 1.08 bits per heavy atom. The SMILES string of the molecule is CN(CCCCNC(=O)CCSc1ccccc1F)c1ccccc1. The van der Waals surface area contributed by atoms with Crippen LogP contribution in [0.5, 0.6) is 0 Å². The zero-order valence-electron chi connectivity index (χ0n) is 14.6. The summed E-state index contributed by atoms with van der Waals surface area (Å²) in [5.74, 6) is 0.388. The predicted molar refractivity (Wildman–Crippen MR) is 104 cm³/mol. The molecule has 2 aromatic carbocycles. The van der Waals surface area contributed by atoms with Gasteiger partial charge >= 0.3 is 0 Å². The molecule has 2 rings (SSSR count). The van der Waals surface area contributed by atoms with Crippen molar-refractivity contribution in [2.45, 2.75) is 24.2 Å². The van der Waals surface area contributed by atoms with Gasteiger partial charge in [-0.3, -0.25) is 4.79 Å². The molecular formula is C20H25FN2OS. The fourth-order valence-corrected chi connectivity index (χ4v) is 3.31. The van der Waals surface area contributed by atoms with Crippen LogP contribution in [0.25, 0.3) is 0 Å². The van der Waals surface area contributed by atoms with Gasteiger partial charge in [-0.1, -0.05) is 30.3 Å². The highest BCUT2D eigenvalue weighted by molar-refractivity contribution is 7.99. The molecule has 0 aliphatic heterocycles. The minimum absolute atomic E-state index is 0.0280. The lowest BCUT2D eigenvalue weighted by molar-refractivity contribution is -0.120. The summed E-state index contributed by atoms with van der Waals surface area (Å²) in [6.45, 7) is 1.65. The number of rotatable bonds is 10. The fraction of sp³-hybridized carbons (Fsp3) is 0.350. The Kier molecular flexibility index (Phi) is 8.32. The Morgan fingerprint density at radius 3 is 2.56 bits per heavy atom. The van der Waals surface area contributed by atoms with Crippen molar-refractivity contribution < 1.29 is 9.18 Å². The van der Waals surface area contributed by atoms with Crippen molar-refractivity contribution in [3.63, 3.8) is 0 Å². The van der Waals surface area contributed by atoms with Crippen LogP contribution in [0.4, 0.5) is 10.1 Å². The zero-order chi connectivity index (χ0) is 17.9. The molecule has 1 amide bonds. The monoisotopic (exact) mass is 360 g/mol. The minimum Gasteiger partial charge on any atom is -0.375 e. The van der Waals surface area contributed by atoms with Gasteiger partial charge in [0.25, 0.3) is 0 Å². The highest BCUT2D eigenvalue weighted by atomic mass is 32.2. The van der Waals surface area contributed by atoms with E-state index in [4.69, 9.17) is 0 Å². The van der Waals surface area contributed by atoms with Crippen LogP contribution in [-0.2, 0) is 4.79 Å². The highest BCUT2D eigenvalue weighted by Crippen LogP contribution is 2.21. The topological polar surface area (TPSA) is 32.3 Å². The van der Waals surface area contributed by atoms with Gasteiger partial charge < -0.3 is 10.2 Å². The lowest BCUT2D eigenvalue weighted by Crippen LogP contribution is -2.26. The van der Waals surface area contributed by atoms with Gasteiger partial charge in [-0.05, 0) is 37.1 Å². The number of nitrogens with one attached hydrogen (secondary N) is 1. The smallest absolute Gasteiger partial charge is 0.220 e. The largest absolute Gasteiger partial charge is 0.375 e. The Hall–Kier alpha value is -2.01. The van der Waals surface area contributed by atoms with Crippen LogP contribution in [0.15, 0.2) is 59.5 Å². The molecule has 5 heteroatoms. The van der Waals surface area contributed by atoms with E-state index in [0.717, 1.165) is 19.4 Å². The number of anilines is 1. The molecule has 0 fully saturated rings. The first-order valence-corrected chi connectivity index (χ1v) is 9.55. The number of hydrogen-bond donors (Lipinski definition) is 1. The van der Waals surface area contributed by atoms with Gasteiger partial charge in [0, 0.05) is 42.9 Å². The molecule has 25 heavy (non-hydrogen) atoms. The van der Waals surface area contributed by atoms with Crippen molar-refractivity contribution in [3.8, 4) is 0 Å². The minimum atomic E-state index is -0.226. The van der Waals surface area contributed by atoms with E-state index in [0.29, 0.717) is 23.6 Å². The van der Waals surface area contributed by atoms with E-state index in [1.54, 1.807) is 18.2 Å². The first-order chi connectivity index (χ1) is 12.2. The average molecular weight is 360 g/mol. The number of thioether (sulfide) groups is 1. The van der Waals surface area contributed by atoms with Crippen LogP contribution in [0.3, 0.4) is 0 Å². The van der Waals surface area contributed by atoms with Crippen molar-refractivity contribution in [1.29, 1.82) is 0 Å². The molecule has 0 aromatic heterocycles. The molecule has 0 atom stereocenters. The number of amides is 1. The molecular weight excluding hydrogens is 335 g/mol. The summed E-state index contributed by atoms with van der Waals surface area (Å²) in [6.07, 6.45) is 2.38. The number of carbonyl (C=O) groups excluding carboxylic acids is 1. The van der Waals surface area contributed by atoms with Crippen molar-refractivity contribution >= 4 is 23.4 Å². The van der Waals surface area contributed by atoms with E-state index >= 15 is 0 Å². The number of halogens is 1. The number of unbranched alkanes of at least 4 members (excludes halogenated alkanes) is 1. The molecule has 0 radical (unpaired) electrons. The molecule has 3 nitrogen and oxygen atoms in total. The number of benzene rings is 2. The molecule has 2 aromatic rings. The third-order valence-electron chi connectivity index (χ3n) is 3.86. The van der Waals surface area contributed by atoms with E-state index in [2.05, 4.69) is 29.4 Å². The molecule has 0 aliphatic carbocycles. The summed E-state index contributed by atoms with van der Waals surface area (Å²) in [4.78, 5) is 14.6. The molecule has 0 bridgehead atoms. The molecule has 0 heterocycles. The molecule has 134 valence electrons. The van der Waals surface area contributed by atoms with Crippen molar-refractivity contribution in [1.82, 2.24) is 5.32 Å². The Labute approximate surface area is 153 Å². The maximum atomic E-state index is 13.5. The Bertz CT molecular complexity index is 651. The van der Waals surface area contributed by atoms with E-state index in [-0.39, 0.29) is 11.7 Å². The lowest BCUT2D eigenvalue weighted by Gasteiger charge is -2.19. The standard InChI is InChI=1S/C20H25FN2OS/c1-23(17-9-3-2-4-10-17)15-8-7-14-22-20(24)13-16-25-19-12-6-5-11-18(19)21/h2-6,9-12H,7-8,13-16H2,1H3,(H,22,24). The van der Waals surface area contributed by atoms with E-state index < -0.39 is 0 Å². The summed E-state index contributed by atoms with van der Waals surface area (Å²) in [5.41, 5.74) is 1.21. The number of para-hydroxylation sites is 1. The van der Waals surface area contributed by atoms with Crippen molar-refractivity contribution in [3.05, 3.63) is 60.4 Å². The first kappa shape index (κ1) is 19.3.